The van der Waals surface area contributed by atoms with E-state index in [-0.39, 0.29) is 11.5 Å². The number of aliphatic hydroxyl groups is 1. The first-order valence-electron chi connectivity index (χ1n) is 11.4. The Bertz CT molecular complexity index is 828. The van der Waals surface area contributed by atoms with E-state index in [9.17, 15) is 5.11 Å². The van der Waals surface area contributed by atoms with Crippen LogP contribution in [0.5, 0.6) is 0 Å². The molecule has 5 heteroatoms. The fraction of sp³-hybridized carbons (Fsp3) is 0.625. The number of fused-ring (bicyclic) bond motifs is 1. The third kappa shape index (κ3) is 2.97. The second-order valence-electron chi connectivity index (χ2n) is 10.00. The van der Waals surface area contributed by atoms with E-state index in [0.29, 0.717) is 11.8 Å². The Morgan fingerprint density at radius 2 is 1.86 bits per heavy atom. The number of hydrogen-bond acceptors (Lipinski definition) is 4. The van der Waals surface area contributed by atoms with Crippen molar-refractivity contribution in [2.45, 2.75) is 37.8 Å². The lowest BCUT2D eigenvalue weighted by atomic mass is 9.95. The Morgan fingerprint density at radius 1 is 1.07 bits per heavy atom. The number of aromatic nitrogens is 2. The molecular weight excluding hydrogens is 360 g/mol. The van der Waals surface area contributed by atoms with E-state index in [1.807, 2.05) is 12.4 Å². The zero-order valence-corrected chi connectivity index (χ0v) is 17.1. The van der Waals surface area contributed by atoms with Gasteiger partial charge in [-0.2, -0.15) is 0 Å². The molecule has 6 atom stereocenters. The summed E-state index contributed by atoms with van der Waals surface area (Å²) < 4.78 is 0. The molecule has 2 saturated carbocycles. The summed E-state index contributed by atoms with van der Waals surface area (Å²) in [4.78, 5) is 12.7. The first-order chi connectivity index (χ1) is 14.2. The monoisotopic (exact) mass is 392 g/mol. The van der Waals surface area contributed by atoms with Gasteiger partial charge in [-0.05, 0) is 42.1 Å². The molecule has 2 aliphatic heterocycles. The minimum atomic E-state index is -0.255. The number of likely N-dealkylation sites (tertiary alicyclic amines) is 2. The number of aliphatic hydroxyl groups excluding tert-OH is 1. The van der Waals surface area contributed by atoms with Gasteiger partial charge in [0.15, 0.2) is 0 Å². The fourth-order valence-electron chi connectivity index (χ4n) is 7.14. The van der Waals surface area contributed by atoms with E-state index in [0.717, 1.165) is 43.8 Å². The van der Waals surface area contributed by atoms with Gasteiger partial charge in [0.25, 0.3) is 0 Å². The van der Waals surface area contributed by atoms with E-state index in [1.165, 1.54) is 37.9 Å². The summed E-state index contributed by atoms with van der Waals surface area (Å²) in [6.07, 6.45) is 7.74. The standard InChI is InChI=1S/C24H32N4O/c29-21-14-28(15-22-25-9-10-26-22)16-24(21)20(23(24)17-5-2-1-3-6-17)13-27-11-18-7-4-8-19(18)12-27/h1-3,5-6,9-10,18-21,23,29H,4,7-8,11-16H2,(H,25,26)/t18-,19+,20-,21-,23-,24-/m1/s1. The predicted molar refractivity (Wildman–Crippen MR) is 112 cm³/mol. The SMILES string of the molecule is O[C@@H]1CN(Cc2ncc[nH]2)C[C@@]12[C@H](CN1C[C@H]3CCC[C@H]3C1)[C@H]2c1ccccc1. The molecule has 4 aliphatic rings. The van der Waals surface area contributed by atoms with Crippen molar-refractivity contribution in [1.29, 1.82) is 0 Å². The summed E-state index contributed by atoms with van der Waals surface area (Å²) in [5.74, 6) is 3.89. The van der Waals surface area contributed by atoms with Gasteiger partial charge in [-0.1, -0.05) is 36.8 Å². The number of benzene rings is 1. The number of nitrogens with zero attached hydrogens (tertiary/aromatic N) is 3. The van der Waals surface area contributed by atoms with Crippen molar-refractivity contribution in [1.82, 2.24) is 19.8 Å². The van der Waals surface area contributed by atoms with Crippen LogP contribution in [0.2, 0.25) is 0 Å². The molecule has 2 aromatic rings. The van der Waals surface area contributed by atoms with Crippen molar-refractivity contribution in [2.24, 2.45) is 23.2 Å². The molecule has 2 N–H and O–H groups in total. The summed E-state index contributed by atoms with van der Waals surface area (Å²) in [7, 11) is 0. The van der Waals surface area contributed by atoms with E-state index in [2.05, 4.69) is 50.1 Å². The maximum absolute atomic E-state index is 11.3. The zero-order chi connectivity index (χ0) is 19.4. The molecule has 4 fully saturated rings. The number of nitrogens with one attached hydrogen (secondary N) is 1. The fourth-order valence-corrected chi connectivity index (χ4v) is 7.14. The van der Waals surface area contributed by atoms with Gasteiger partial charge in [-0.15, -0.1) is 0 Å². The van der Waals surface area contributed by atoms with Crippen molar-refractivity contribution in [3.63, 3.8) is 0 Å². The third-order valence-corrected chi connectivity index (χ3v) is 8.46. The molecular formula is C24H32N4O. The van der Waals surface area contributed by atoms with Crippen molar-refractivity contribution in [3.8, 4) is 0 Å². The summed E-state index contributed by atoms with van der Waals surface area (Å²) in [6.45, 7) is 6.24. The van der Waals surface area contributed by atoms with Crippen LogP contribution in [-0.4, -0.2) is 63.7 Å². The number of imidazole rings is 1. The zero-order valence-electron chi connectivity index (χ0n) is 17.1. The number of rotatable bonds is 5. The highest BCUT2D eigenvalue weighted by atomic mass is 16.3. The van der Waals surface area contributed by atoms with E-state index < -0.39 is 0 Å². The van der Waals surface area contributed by atoms with Crippen LogP contribution in [0.3, 0.4) is 0 Å². The smallest absolute Gasteiger partial charge is 0.120 e. The molecule has 6 rings (SSSR count). The molecule has 2 saturated heterocycles. The number of hydrogen-bond donors (Lipinski definition) is 2. The molecule has 0 bridgehead atoms. The molecule has 0 unspecified atom stereocenters. The largest absolute Gasteiger partial charge is 0.391 e. The Morgan fingerprint density at radius 3 is 2.59 bits per heavy atom. The Hall–Kier alpha value is -1.69. The number of H-pyrrole nitrogens is 1. The molecule has 0 radical (unpaired) electrons. The highest BCUT2D eigenvalue weighted by Gasteiger charge is 2.71. The van der Waals surface area contributed by atoms with Crippen LogP contribution in [0.4, 0.5) is 0 Å². The lowest BCUT2D eigenvalue weighted by Crippen LogP contribution is -2.29. The predicted octanol–water partition coefficient (Wildman–Crippen LogP) is 2.72. The van der Waals surface area contributed by atoms with Gasteiger partial charge in [-0.25, -0.2) is 4.98 Å². The van der Waals surface area contributed by atoms with Gasteiger partial charge in [0.05, 0.1) is 12.6 Å². The summed E-state index contributed by atoms with van der Waals surface area (Å²) >= 11 is 0. The van der Waals surface area contributed by atoms with Crippen molar-refractivity contribution in [3.05, 3.63) is 54.1 Å². The van der Waals surface area contributed by atoms with Crippen LogP contribution in [0.25, 0.3) is 0 Å². The van der Waals surface area contributed by atoms with Crippen molar-refractivity contribution < 1.29 is 5.11 Å². The first kappa shape index (κ1) is 18.1. The number of aromatic amines is 1. The quantitative estimate of drug-likeness (QED) is 0.822. The summed E-state index contributed by atoms with van der Waals surface area (Å²) in [5.41, 5.74) is 1.42. The molecule has 0 amide bonds. The maximum atomic E-state index is 11.3. The van der Waals surface area contributed by atoms with Gasteiger partial charge < -0.3 is 15.0 Å². The summed E-state index contributed by atoms with van der Waals surface area (Å²) in [5, 5.41) is 11.3. The van der Waals surface area contributed by atoms with Gasteiger partial charge in [0.2, 0.25) is 0 Å². The van der Waals surface area contributed by atoms with Crippen LogP contribution in [0.1, 0.15) is 36.6 Å². The number of β-amino-alcohol motifs (C(OH)–C–C–N with tert-alkyl or cyclic N) is 1. The van der Waals surface area contributed by atoms with Crippen LogP contribution >= 0.6 is 0 Å². The Balaban J connectivity index is 1.23. The van der Waals surface area contributed by atoms with E-state index >= 15 is 0 Å². The first-order valence-corrected chi connectivity index (χ1v) is 11.4. The van der Waals surface area contributed by atoms with E-state index in [1.54, 1.807) is 0 Å². The molecule has 1 aromatic heterocycles. The van der Waals surface area contributed by atoms with Gasteiger partial charge in [0, 0.05) is 50.5 Å². The molecule has 3 heterocycles. The van der Waals surface area contributed by atoms with Crippen molar-refractivity contribution >= 4 is 0 Å². The Labute approximate surface area is 173 Å². The van der Waals surface area contributed by atoms with Crippen molar-refractivity contribution in [2.75, 3.05) is 32.7 Å². The lowest BCUT2D eigenvalue weighted by Gasteiger charge is -2.20. The second kappa shape index (κ2) is 6.93. The van der Waals surface area contributed by atoms with Crippen LogP contribution in [0.15, 0.2) is 42.7 Å². The Kier molecular flexibility index (Phi) is 4.33. The third-order valence-electron chi connectivity index (χ3n) is 8.46. The normalized spacial score (nSPS) is 39.4. The molecule has 1 spiro atoms. The topological polar surface area (TPSA) is 55.4 Å². The average Bonchev–Trinajstić information content (AvgIpc) is 3.27. The highest BCUT2D eigenvalue weighted by Crippen LogP contribution is 2.69. The minimum absolute atomic E-state index is 0.00560. The average molecular weight is 393 g/mol. The van der Waals surface area contributed by atoms with Gasteiger partial charge >= 0.3 is 0 Å². The van der Waals surface area contributed by atoms with Crippen LogP contribution in [-0.2, 0) is 6.54 Å². The van der Waals surface area contributed by atoms with Gasteiger partial charge in [-0.3, -0.25) is 4.90 Å². The van der Waals surface area contributed by atoms with Gasteiger partial charge in [0.1, 0.15) is 5.82 Å². The lowest BCUT2D eigenvalue weighted by molar-refractivity contribution is 0.115. The molecule has 2 aliphatic carbocycles. The van der Waals surface area contributed by atoms with Crippen LogP contribution in [0, 0.1) is 23.2 Å². The molecule has 5 nitrogen and oxygen atoms in total. The maximum Gasteiger partial charge on any atom is 0.120 e. The minimum Gasteiger partial charge on any atom is -0.391 e. The molecule has 1 aromatic carbocycles. The highest BCUT2D eigenvalue weighted by molar-refractivity contribution is 5.37. The van der Waals surface area contributed by atoms with E-state index in [4.69, 9.17) is 0 Å². The summed E-state index contributed by atoms with van der Waals surface area (Å²) in [6, 6.07) is 10.9. The second-order valence-corrected chi connectivity index (χ2v) is 10.00. The molecule has 29 heavy (non-hydrogen) atoms. The molecule has 154 valence electrons. The van der Waals surface area contributed by atoms with Crippen LogP contribution < -0.4 is 0 Å².